The van der Waals surface area contributed by atoms with Crippen LogP contribution in [-0.4, -0.2) is 20.7 Å². The second kappa shape index (κ2) is 14.3. The van der Waals surface area contributed by atoms with Crippen molar-refractivity contribution in [2.75, 3.05) is 0 Å². The molecule has 0 saturated heterocycles. The Bertz CT molecular complexity index is 3090. The van der Waals surface area contributed by atoms with Crippen LogP contribution in [0.1, 0.15) is 44.8 Å². The molecule has 3 aromatic heterocycles. The molecule has 0 radical (unpaired) electrons. The number of hydrogen-bond donors (Lipinski definition) is 2. The fourth-order valence-electron chi connectivity index (χ4n) is 8.23. The Kier molecular flexibility index (Phi) is 8.68. The number of nitrogens with one attached hydrogen (secondary N) is 2. The Hall–Kier alpha value is -7.30. The molecule has 4 heteroatoms. The van der Waals surface area contributed by atoms with E-state index in [0.717, 1.165) is 100 Å². The molecule has 0 aliphatic carbocycles. The minimum atomic E-state index is 0.895. The normalized spacial score (nSPS) is 12.2. The third kappa shape index (κ3) is 6.39. The average Bonchev–Trinajstić information content (AvgIpc) is 4.08. The zero-order chi connectivity index (χ0) is 39.3. The summed E-state index contributed by atoms with van der Waals surface area (Å²) in [5, 5.41) is 0. The number of fused-ring (bicyclic) bond motifs is 8. The van der Waals surface area contributed by atoms with Gasteiger partial charge in [0.25, 0.3) is 0 Å². The molecule has 0 spiro atoms. The summed E-state index contributed by atoms with van der Waals surface area (Å²) in [6.07, 6.45) is 4.32. The minimum Gasteiger partial charge on any atom is -0.354 e. The molecule has 278 valence electrons. The van der Waals surface area contributed by atoms with Crippen molar-refractivity contribution in [2.24, 2.45) is 4.99 Å². The topological polar surface area (TPSA) is 56.8 Å². The monoisotopic (exact) mass is 746 g/mol. The van der Waals surface area contributed by atoms with E-state index in [4.69, 9.17) is 9.98 Å². The van der Waals surface area contributed by atoms with Crippen molar-refractivity contribution < 1.29 is 0 Å². The van der Waals surface area contributed by atoms with Crippen molar-refractivity contribution >= 4 is 45.6 Å². The summed E-state index contributed by atoms with van der Waals surface area (Å²) in [6, 6.07) is 56.8. The third-order valence-electron chi connectivity index (χ3n) is 11.3. The first-order chi connectivity index (χ1) is 28.4. The van der Waals surface area contributed by atoms with Crippen LogP contribution in [0, 0.1) is 27.7 Å². The molecule has 0 unspecified atom stereocenters. The smallest absolute Gasteiger partial charge is 0.0789 e. The van der Waals surface area contributed by atoms with Crippen molar-refractivity contribution in [1.82, 2.24) is 15.0 Å². The number of rotatable bonds is 5. The second-order valence-corrected chi connectivity index (χ2v) is 15.5. The van der Waals surface area contributed by atoms with Gasteiger partial charge >= 0.3 is 0 Å². The van der Waals surface area contributed by atoms with E-state index in [1.807, 2.05) is 0 Å². The lowest BCUT2D eigenvalue weighted by Gasteiger charge is -2.10. The van der Waals surface area contributed by atoms with Crippen LogP contribution in [0.3, 0.4) is 0 Å². The van der Waals surface area contributed by atoms with Gasteiger partial charge in [0, 0.05) is 55.4 Å². The largest absolute Gasteiger partial charge is 0.354 e. The molecule has 0 fully saturated rings. The zero-order valence-corrected chi connectivity index (χ0v) is 33.1. The van der Waals surface area contributed by atoms with E-state index in [2.05, 4.69) is 208 Å². The summed E-state index contributed by atoms with van der Waals surface area (Å²) < 4.78 is 0. The van der Waals surface area contributed by atoms with Gasteiger partial charge in [0.05, 0.1) is 22.8 Å². The van der Waals surface area contributed by atoms with Gasteiger partial charge in [-0.1, -0.05) is 150 Å². The fourth-order valence-corrected chi connectivity index (χ4v) is 8.23. The second-order valence-electron chi connectivity index (χ2n) is 15.5. The predicted octanol–water partition coefficient (Wildman–Crippen LogP) is 14.2. The molecule has 8 aromatic rings. The maximum absolute atomic E-state index is 5.59. The van der Waals surface area contributed by atoms with E-state index in [1.54, 1.807) is 0 Å². The van der Waals surface area contributed by atoms with Crippen molar-refractivity contribution in [3.8, 4) is 44.5 Å². The van der Waals surface area contributed by atoms with Crippen LogP contribution in [0.2, 0.25) is 0 Å². The molecule has 58 heavy (non-hydrogen) atoms. The molecule has 2 N–H and O–H groups in total. The zero-order valence-electron chi connectivity index (χ0n) is 33.1. The Balaban J connectivity index is 1.43. The lowest BCUT2D eigenvalue weighted by atomic mass is 9.94. The van der Waals surface area contributed by atoms with Crippen LogP contribution in [0.25, 0.3) is 78.7 Å². The van der Waals surface area contributed by atoms with E-state index >= 15 is 0 Å². The highest BCUT2D eigenvalue weighted by atomic mass is 14.8. The average molecular weight is 747 g/mol. The van der Waals surface area contributed by atoms with E-state index in [0.29, 0.717) is 0 Å². The highest BCUT2D eigenvalue weighted by molar-refractivity contribution is 6.22. The number of aromatic amines is 2. The quantitative estimate of drug-likeness (QED) is 0.181. The molecule has 8 bridgehead atoms. The number of nitrogens with zero attached hydrogens (tertiary/aromatic N) is 2. The van der Waals surface area contributed by atoms with Crippen LogP contribution >= 0.6 is 0 Å². The summed E-state index contributed by atoms with van der Waals surface area (Å²) >= 11 is 0. The molecule has 0 atom stereocenters. The fraction of sp³-hybridized carbons (Fsp3) is 0.0741. The van der Waals surface area contributed by atoms with Crippen molar-refractivity contribution in [2.45, 2.75) is 27.7 Å². The standard InChI is InChI=1S/C54H42N4/c1-33-10-18-37(19-11-33)50-42-32-49(58-54(42)41-8-6-5-7-9-41)53(40-24-16-36(4)17-25-40)48-31-30-47(57-48)52(39-22-14-35(3)15-23-39)46-29-28-45(56-46)51(44-27-26-43(50)55-44)38-20-12-34(2)13-21-38/h5-32,55,57H,1-4H3. The van der Waals surface area contributed by atoms with Gasteiger partial charge < -0.3 is 9.97 Å². The maximum atomic E-state index is 5.59. The van der Waals surface area contributed by atoms with E-state index < -0.39 is 0 Å². The molecule has 2 aliphatic heterocycles. The number of hydrogen-bond acceptors (Lipinski definition) is 2. The van der Waals surface area contributed by atoms with Gasteiger partial charge in [0.1, 0.15) is 0 Å². The highest BCUT2D eigenvalue weighted by Gasteiger charge is 2.23. The summed E-state index contributed by atoms with van der Waals surface area (Å²) in [5.74, 6) is 0. The number of aryl methyl sites for hydroxylation is 4. The first kappa shape index (κ1) is 35.1. The molecular formula is C54H42N4. The van der Waals surface area contributed by atoms with Gasteiger partial charge in [0.2, 0.25) is 0 Å². The van der Waals surface area contributed by atoms with Crippen LogP contribution in [-0.2, 0) is 0 Å². The van der Waals surface area contributed by atoms with Crippen molar-refractivity contribution in [3.63, 3.8) is 0 Å². The highest BCUT2D eigenvalue weighted by Crippen LogP contribution is 2.42. The summed E-state index contributed by atoms with van der Waals surface area (Å²) in [6.45, 7) is 8.52. The number of aromatic nitrogens is 3. The molecule has 2 aliphatic rings. The van der Waals surface area contributed by atoms with E-state index in [1.165, 1.54) is 22.3 Å². The molecule has 5 heterocycles. The Morgan fingerprint density at radius 1 is 0.362 bits per heavy atom. The maximum Gasteiger partial charge on any atom is 0.0789 e. The number of benzene rings is 5. The van der Waals surface area contributed by atoms with Gasteiger partial charge in [-0.05, 0) is 92.4 Å². The van der Waals surface area contributed by atoms with Gasteiger partial charge in [-0.2, -0.15) is 0 Å². The van der Waals surface area contributed by atoms with Crippen LogP contribution < -0.4 is 0 Å². The first-order valence-corrected chi connectivity index (χ1v) is 19.9. The SMILES string of the molecule is Cc1ccc(-c2c3cc(c(-c4ccc(C)cc4)c4ccc([nH]4)c(-c4ccc(C)cc4)c4nc(c(-c5ccc(C)cc5)c5ccc2[nH]5)C=C4)C(c2ccccc2)=N3)cc1. The van der Waals surface area contributed by atoms with Crippen LogP contribution in [0.4, 0.5) is 5.69 Å². The first-order valence-electron chi connectivity index (χ1n) is 19.9. The van der Waals surface area contributed by atoms with Gasteiger partial charge in [-0.25, -0.2) is 9.98 Å². The summed E-state index contributed by atoms with van der Waals surface area (Å²) in [5.41, 5.74) is 23.1. The Labute approximate surface area is 339 Å². The minimum absolute atomic E-state index is 0.895. The number of H-pyrrole nitrogens is 2. The molecule has 0 saturated carbocycles. The van der Waals surface area contributed by atoms with Crippen molar-refractivity contribution in [1.29, 1.82) is 0 Å². The van der Waals surface area contributed by atoms with Crippen LogP contribution in [0.15, 0.2) is 163 Å². The van der Waals surface area contributed by atoms with E-state index in [-0.39, 0.29) is 0 Å². The lowest BCUT2D eigenvalue weighted by Crippen LogP contribution is -2.01. The molecule has 0 amide bonds. The van der Waals surface area contributed by atoms with Gasteiger partial charge in [-0.3, -0.25) is 0 Å². The lowest BCUT2D eigenvalue weighted by molar-refractivity contribution is 1.31. The summed E-state index contributed by atoms with van der Waals surface area (Å²) in [4.78, 5) is 18.9. The summed E-state index contributed by atoms with van der Waals surface area (Å²) in [7, 11) is 0. The molecular weight excluding hydrogens is 705 g/mol. The van der Waals surface area contributed by atoms with Crippen molar-refractivity contribution in [3.05, 3.63) is 202 Å². The third-order valence-corrected chi connectivity index (χ3v) is 11.3. The number of aliphatic imine (C=N–C) groups is 1. The molecule has 10 rings (SSSR count). The Morgan fingerprint density at radius 2 is 0.741 bits per heavy atom. The van der Waals surface area contributed by atoms with Crippen LogP contribution in [0.5, 0.6) is 0 Å². The van der Waals surface area contributed by atoms with Gasteiger partial charge in [0.15, 0.2) is 0 Å². The molecule has 4 nitrogen and oxygen atoms in total. The predicted molar refractivity (Wildman–Crippen MR) is 245 cm³/mol. The molecule has 5 aromatic carbocycles. The van der Waals surface area contributed by atoms with Gasteiger partial charge in [-0.15, -0.1) is 0 Å². The Morgan fingerprint density at radius 3 is 1.19 bits per heavy atom. The van der Waals surface area contributed by atoms with E-state index in [9.17, 15) is 0 Å².